The summed E-state index contributed by atoms with van der Waals surface area (Å²) in [5.41, 5.74) is 3.42. The molecular formula is C36H32N2O6. The zero-order chi connectivity index (χ0) is 30.9. The second kappa shape index (κ2) is 14.0. The standard InChI is InChI=1S/C36H32N2O6/c1-3-11-28-20-27(22-32(42-4-2)33(28)44-24-26-14-9-6-10-15-26)21-31-34(39)37-36(41)38(35(31)40)29-16-18-30(19-17-29)43-23-25-12-7-5-8-13-25/h3,5-10,12-22H,1,4,11,23-24H2,2H3,(H,37,39,41)/b31-21+. The number of allylic oxidation sites excluding steroid dienone is 1. The van der Waals surface area contributed by atoms with E-state index in [-0.39, 0.29) is 5.57 Å². The van der Waals surface area contributed by atoms with Crippen LogP contribution in [0.15, 0.2) is 115 Å². The van der Waals surface area contributed by atoms with Crippen molar-refractivity contribution in [2.45, 2.75) is 26.6 Å². The lowest BCUT2D eigenvalue weighted by Crippen LogP contribution is -2.54. The predicted octanol–water partition coefficient (Wildman–Crippen LogP) is 6.64. The average molecular weight is 589 g/mol. The number of nitrogens with one attached hydrogen (secondary N) is 1. The first-order valence-corrected chi connectivity index (χ1v) is 14.2. The molecule has 222 valence electrons. The van der Waals surface area contributed by atoms with Gasteiger partial charge in [-0.05, 0) is 72.5 Å². The van der Waals surface area contributed by atoms with E-state index in [9.17, 15) is 14.4 Å². The molecule has 1 heterocycles. The van der Waals surface area contributed by atoms with Crippen LogP contribution in [0.5, 0.6) is 17.2 Å². The Labute approximate surface area is 256 Å². The summed E-state index contributed by atoms with van der Waals surface area (Å²) < 4.78 is 17.9. The second-order valence-electron chi connectivity index (χ2n) is 9.93. The summed E-state index contributed by atoms with van der Waals surface area (Å²) >= 11 is 0. The van der Waals surface area contributed by atoms with Crippen LogP contribution in [-0.2, 0) is 29.2 Å². The number of anilines is 1. The van der Waals surface area contributed by atoms with Gasteiger partial charge in [0.15, 0.2) is 11.5 Å². The van der Waals surface area contributed by atoms with E-state index in [2.05, 4.69) is 11.9 Å². The maximum absolute atomic E-state index is 13.6. The molecule has 8 heteroatoms. The van der Waals surface area contributed by atoms with Crippen LogP contribution in [0.4, 0.5) is 10.5 Å². The molecule has 44 heavy (non-hydrogen) atoms. The molecule has 1 aliphatic rings. The highest BCUT2D eigenvalue weighted by Crippen LogP contribution is 2.36. The van der Waals surface area contributed by atoms with Crippen LogP contribution in [0.3, 0.4) is 0 Å². The van der Waals surface area contributed by atoms with Crippen LogP contribution < -0.4 is 24.4 Å². The van der Waals surface area contributed by atoms with E-state index in [0.29, 0.717) is 54.7 Å². The van der Waals surface area contributed by atoms with Gasteiger partial charge >= 0.3 is 6.03 Å². The molecule has 4 amide bonds. The number of ether oxygens (including phenoxy) is 3. The highest BCUT2D eigenvalue weighted by atomic mass is 16.5. The van der Waals surface area contributed by atoms with Gasteiger partial charge in [-0.15, -0.1) is 6.58 Å². The van der Waals surface area contributed by atoms with Crippen molar-refractivity contribution in [1.82, 2.24) is 5.32 Å². The molecule has 0 aromatic heterocycles. The van der Waals surface area contributed by atoms with Crippen LogP contribution in [0.1, 0.15) is 29.2 Å². The smallest absolute Gasteiger partial charge is 0.335 e. The third kappa shape index (κ3) is 7.04. The third-order valence-electron chi connectivity index (χ3n) is 6.80. The molecular weight excluding hydrogens is 556 g/mol. The normalized spacial score (nSPS) is 13.9. The molecule has 0 aliphatic carbocycles. The molecule has 0 saturated carbocycles. The first kappa shape index (κ1) is 29.8. The maximum Gasteiger partial charge on any atom is 0.335 e. The van der Waals surface area contributed by atoms with Crippen molar-refractivity contribution in [2.24, 2.45) is 0 Å². The first-order chi connectivity index (χ1) is 21.5. The Morgan fingerprint density at radius 2 is 1.43 bits per heavy atom. The fraction of sp³-hybridized carbons (Fsp3) is 0.139. The molecule has 1 fully saturated rings. The lowest BCUT2D eigenvalue weighted by molar-refractivity contribution is -0.122. The number of urea groups is 1. The van der Waals surface area contributed by atoms with Crippen LogP contribution in [0.25, 0.3) is 6.08 Å². The number of benzene rings is 4. The zero-order valence-electron chi connectivity index (χ0n) is 24.3. The van der Waals surface area contributed by atoms with E-state index in [4.69, 9.17) is 14.2 Å². The van der Waals surface area contributed by atoms with Crippen molar-refractivity contribution in [3.8, 4) is 17.2 Å². The van der Waals surface area contributed by atoms with E-state index in [1.54, 1.807) is 36.4 Å². The summed E-state index contributed by atoms with van der Waals surface area (Å²) in [6.45, 7) is 6.81. The molecule has 4 aromatic rings. The van der Waals surface area contributed by atoms with E-state index in [1.807, 2.05) is 73.7 Å². The van der Waals surface area contributed by atoms with Crippen molar-refractivity contribution in [3.63, 3.8) is 0 Å². The van der Waals surface area contributed by atoms with Crippen molar-refractivity contribution < 1.29 is 28.6 Å². The van der Waals surface area contributed by atoms with E-state index >= 15 is 0 Å². The molecule has 0 unspecified atom stereocenters. The average Bonchev–Trinajstić information content (AvgIpc) is 3.03. The highest BCUT2D eigenvalue weighted by molar-refractivity contribution is 6.39. The molecule has 0 atom stereocenters. The summed E-state index contributed by atoms with van der Waals surface area (Å²) in [5.74, 6) is 0.0685. The van der Waals surface area contributed by atoms with Gasteiger partial charge in [-0.2, -0.15) is 0 Å². The van der Waals surface area contributed by atoms with Crippen LogP contribution in [0.2, 0.25) is 0 Å². The third-order valence-corrected chi connectivity index (χ3v) is 6.80. The van der Waals surface area contributed by atoms with E-state index in [1.165, 1.54) is 6.08 Å². The summed E-state index contributed by atoms with van der Waals surface area (Å²) in [6.07, 6.45) is 3.65. The molecule has 4 aromatic carbocycles. The Morgan fingerprint density at radius 3 is 2.05 bits per heavy atom. The highest BCUT2D eigenvalue weighted by Gasteiger charge is 2.37. The van der Waals surface area contributed by atoms with Crippen LogP contribution in [0, 0.1) is 0 Å². The number of amides is 4. The summed E-state index contributed by atoms with van der Waals surface area (Å²) in [4.78, 5) is 40.2. The van der Waals surface area contributed by atoms with Crippen molar-refractivity contribution in [3.05, 3.63) is 138 Å². The molecule has 8 nitrogen and oxygen atoms in total. The molecule has 1 N–H and O–H groups in total. The van der Waals surface area contributed by atoms with Crippen LogP contribution >= 0.6 is 0 Å². The quantitative estimate of drug-likeness (QED) is 0.113. The van der Waals surface area contributed by atoms with Crippen molar-refractivity contribution in [1.29, 1.82) is 0 Å². The number of hydrogen-bond acceptors (Lipinski definition) is 6. The molecule has 0 radical (unpaired) electrons. The van der Waals surface area contributed by atoms with Gasteiger partial charge in [0.1, 0.15) is 24.5 Å². The number of imide groups is 2. The molecule has 1 aliphatic heterocycles. The Hall–Kier alpha value is -5.63. The first-order valence-electron chi connectivity index (χ1n) is 14.2. The molecule has 0 spiro atoms. The fourth-order valence-electron chi connectivity index (χ4n) is 4.72. The van der Waals surface area contributed by atoms with Gasteiger partial charge in [0.2, 0.25) is 0 Å². The van der Waals surface area contributed by atoms with Gasteiger partial charge in [0.25, 0.3) is 11.8 Å². The van der Waals surface area contributed by atoms with Crippen molar-refractivity contribution >= 4 is 29.6 Å². The Balaban J connectivity index is 1.40. The molecule has 5 rings (SSSR count). The summed E-state index contributed by atoms with van der Waals surface area (Å²) in [7, 11) is 0. The minimum absolute atomic E-state index is 0.195. The SMILES string of the molecule is C=CCc1cc(/C=C2\C(=O)NC(=O)N(c3ccc(OCc4ccccc4)cc3)C2=O)cc(OCC)c1OCc1ccccc1. The zero-order valence-corrected chi connectivity index (χ0v) is 24.3. The summed E-state index contributed by atoms with van der Waals surface area (Å²) in [5, 5.41) is 2.27. The number of barbiturate groups is 1. The van der Waals surface area contributed by atoms with Gasteiger partial charge in [0, 0.05) is 5.56 Å². The molecule has 0 bridgehead atoms. The monoisotopic (exact) mass is 588 g/mol. The van der Waals surface area contributed by atoms with Gasteiger partial charge < -0.3 is 14.2 Å². The minimum Gasteiger partial charge on any atom is -0.490 e. The van der Waals surface area contributed by atoms with Gasteiger partial charge in [-0.1, -0.05) is 66.7 Å². The Bertz CT molecular complexity index is 1680. The molecule has 1 saturated heterocycles. The topological polar surface area (TPSA) is 94.2 Å². The van der Waals surface area contributed by atoms with E-state index < -0.39 is 17.8 Å². The van der Waals surface area contributed by atoms with E-state index in [0.717, 1.165) is 21.6 Å². The Kier molecular flexibility index (Phi) is 9.51. The van der Waals surface area contributed by atoms with Gasteiger partial charge in [-0.25, -0.2) is 9.69 Å². The Morgan fingerprint density at radius 1 is 0.795 bits per heavy atom. The number of rotatable bonds is 12. The number of hydrogen-bond donors (Lipinski definition) is 1. The van der Waals surface area contributed by atoms with Gasteiger partial charge in [-0.3, -0.25) is 14.9 Å². The largest absolute Gasteiger partial charge is 0.490 e. The lowest BCUT2D eigenvalue weighted by Gasteiger charge is -2.26. The number of carbonyl (C=O) groups is 3. The fourth-order valence-corrected chi connectivity index (χ4v) is 4.72. The summed E-state index contributed by atoms with van der Waals surface area (Å²) in [6, 6.07) is 28.7. The maximum atomic E-state index is 13.6. The predicted molar refractivity (Wildman–Crippen MR) is 169 cm³/mol. The minimum atomic E-state index is -0.831. The van der Waals surface area contributed by atoms with Gasteiger partial charge in [0.05, 0.1) is 12.3 Å². The number of carbonyl (C=O) groups excluding carboxylic acids is 3. The van der Waals surface area contributed by atoms with Crippen molar-refractivity contribution in [2.75, 3.05) is 11.5 Å². The lowest BCUT2D eigenvalue weighted by atomic mass is 10.0. The second-order valence-corrected chi connectivity index (χ2v) is 9.93. The van der Waals surface area contributed by atoms with Crippen LogP contribution in [-0.4, -0.2) is 24.5 Å². The number of nitrogens with zero attached hydrogens (tertiary/aromatic N) is 1.